The first-order valence-corrected chi connectivity index (χ1v) is 17.2. The van der Waals surface area contributed by atoms with E-state index in [2.05, 4.69) is 28.2 Å². The van der Waals surface area contributed by atoms with Gasteiger partial charge in [0.25, 0.3) is 5.91 Å². The second-order valence-corrected chi connectivity index (χ2v) is 12.3. The number of ether oxygens (including phenoxy) is 1. The molecule has 0 saturated carbocycles. The van der Waals surface area contributed by atoms with Gasteiger partial charge in [-0.05, 0) is 78.6 Å². The summed E-state index contributed by atoms with van der Waals surface area (Å²) >= 11 is 0. The number of amides is 5. The van der Waals surface area contributed by atoms with E-state index in [1.54, 1.807) is 12.1 Å². The molecule has 1 unspecified atom stereocenters. The van der Waals surface area contributed by atoms with Crippen LogP contribution < -0.4 is 21.3 Å². The summed E-state index contributed by atoms with van der Waals surface area (Å²) in [5.41, 5.74) is 4.46. The molecule has 1 aliphatic heterocycles. The normalized spacial score (nSPS) is 14.4. The van der Waals surface area contributed by atoms with Crippen molar-refractivity contribution in [2.45, 2.75) is 90.4 Å². The molecule has 264 valence electrons. The molecular formula is C36H47N5O8. The Morgan fingerprint density at radius 1 is 0.735 bits per heavy atom. The highest BCUT2D eigenvalue weighted by molar-refractivity contribution is 5.94. The van der Waals surface area contributed by atoms with Gasteiger partial charge in [0.05, 0.1) is 6.54 Å². The van der Waals surface area contributed by atoms with E-state index in [0.717, 1.165) is 46.6 Å². The number of carbonyl (C=O) groups excluding carboxylic acids is 6. The summed E-state index contributed by atoms with van der Waals surface area (Å²) in [7, 11) is 0. The number of hydrogen-bond acceptors (Lipinski definition) is 8. The van der Waals surface area contributed by atoms with Crippen LogP contribution in [0.1, 0.15) is 102 Å². The van der Waals surface area contributed by atoms with Crippen molar-refractivity contribution in [3.63, 3.8) is 0 Å². The van der Waals surface area contributed by atoms with Gasteiger partial charge in [-0.25, -0.2) is 4.79 Å². The van der Waals surface area contributed by atoms with Crippen molar-refractivity contribution in [1.29, 1.82) is 0 Å². The minimum atomic E-state index is -0.999. The zero-order chi connectivity index (χ0) is 35.2. The number of hydroxylamine groups is 2. The van der Waals surface area contributed by atoms with Gasteiger partial charge in [-0.15, -0.1) is 0 Å². The van der Waals surface area contributed by atoms with Crippen molar-refractivity contribution < 1.29 is 38.3 Å². The molecule has 1 atom stereocenters. The van der Waals surface area contributed by atoms with Gasteiger partial charge in [0.2, 0.25) is 23.6 Å². The van der Waals surface area contributed by atoms with Crippen molar-refractivity contribution in [3.05, 3.63) is 47.5 Å². The topological polar surface area (TPSA) is 172 Å². The summed E-state index contributed by atoms with van der Waals surface area (Å²) in [4.78, 5) is 78.9. The first kappa shape index (κ1) is 36.9. The zero-order valence-electron chi connectivity index (χ0n) is 28.4. The first-order valence-electron chi connectivity index (χ1n) is 17.2. The summed E-state index contributed by atoms with van der Waals surface area (Å²) in [5.74, 6) is -1.36. The third kappa shape index (κ3) is 11.0. The minimum absolute atomic E-state index is 0.0719. The van der Waals surface area contributed by atoms with E-state index in [1.807, 2.05) is 31.2 Å². The molecule has 2 aliphatic rings. The lowest BCUT2D eigenvalue weighted by Crippen LogP contribution is -2.29. The monoisotopic (exact) mass is 677 g/mol. The van der Waals surface area contributed by atoms with Crippen LogP contribution in [-0.4, -0.2) is 67.0 Å². The maximum Gasteiger partial charge on any atom is 0.533 e. The van der Waals surface area contributed by atoms with Gasteiger partial charge >= 0.3 is 6.16 Å². The van der Waals surface area contributed by atoms with Crippen LogP contribution >= 0.6 is 0 Å². The molecule has 2 aromatic carbocycles. The molecule has 13 heteroatoms. The van der Waals surface area contributed by atoms with E-state index in [1.165, 1.54) is 0 Å². The predicted molar refractivity (Wildman–Crippen MR) is 183 cm³/mol. The fourth-order valence-electron chi connectivity index (χ4n) is 5.79. The second kappa shape index (κ2) is 18.6. The molecule has 1 saturated heterocycles. The van der Waals surface area contributed by atoms with Gasteiger partial charge in [-0.1, -0.05) is 32.4 Å². The minimum Gasteiger partial charge on any atom is -0.432 e. The number of nitrogens with zero attached hydrogens (tertiary/aromatic N) is 1. The van der Waals surface area contributed by atoms with Crippen molar-refractivity contribution in [2.24, 2.45) is 0 Å². The van der Waals surface area contributed by atoms with Gasteiger partial charge in [0, 0.05) is 62.5 Å². The van der Waals surface area contributed by atoms with Crippen LogP contribution in [0.3, 0.4) is 0 Å². The lowest BCUT2D eigenvalue weighted by Gasteiger charge is -2.18. The predicted octanol–water partition coefficient (Wildman–Crippen LogP) is 5.15. The van der Waals surface area contributed by atoms with Gasteiger partial charge in [0.1, 0.15) is 6.61 Å². The molecule has 0 aromatic heterocycles. The van der Waals surface area contributed by atoms with Crippen LogP contribution in [0.5, 0.6) is 0 Å². The number of anilines is 2. The van der Waals surface area contributed by atoms with Crippen molar-refractivity contribution in [1.82, 2.24) is 15.7 Å². The Kier molecular flexibility index (Phi) is 14.0. The summed E-state index contributed by atoms with van der Waals surface area (Å²) in [6, 6.07) is 11.0. The van der Waals surface area contributed by atoms with E-state index < -0.39 is 12.1 Å². The molecule has 1 aliphatic carbocycles. The average molecular weight is 678 g/mol. The molecule has 5 amide bonds. The third-order valence-electron chi connectivity index (χ3n) is 8.33. The Hall–Kier alpha value is -4.94. The van der Waals surface area contributed by atoms with E-state index >= 15 is 0 Å². The van der Waals surface area contributed by atoms with Crippen molar-refractivity contribution in [3.8, 4) is 11.1 Å². The quantitative estimate of drug-likeness (QED) is 0.124. The SMILES string of the molecule is CCCCNC(=O)CCCC(=O)Nc1ccc2c(c1)C(COC(=O)ON1CCCC1=O)c1cc(NC(=O)CCCC(=O)NCCC)ccc1-2. The van der Waals surface area contributed by atoms with Crippen LogP contribution in [-0.2, 0) is 33.5 Å². The average Bonchev–Trinajstić information content (AvgIpc) is 3.61. The number of unbranched alkanes of at least 4 members (excludes halogenated alkanes) is 1. The molecule has 1 heterocycles. The standard InChI is InChI=1S/C36H47N5O8/c1-3-5-19-38-32(43)10-7-12-34(45)40-25-15-17-27-26-16-14-24(39-33(44)11-6-9-31(42)37-18-4-2)21-28(26)30(29(27)22-25)23-48-36(47)49-41-20-8-13-35(41)46/h14-17,21-22,30H,3-13,18-20,23H2,1-2H3,(H,37,42)(H,38,43)(H,39,44)(H,40,45). The van der Waals surface area contributed by atoms with Gasteiger partial charge in [-0.2, -0.15) is 5.06 Å². The Balaban J connectivity index is 1.43. The van der Waals surface area contributed by atoms with Crippen LogP contribution in [0.15, 0.2) is 36.4 Å². The highest BCUT2D eigenvalue weighted by Crippen LogP contribution is 2.47. The van der Waals surface area contributed by atoms with E-state index in [4.69, 9.17) is 9.57 Å². The van der Waals surface area contributed by atoms with Crippen LogP contribution in [0, 0.1) is 0 Å². The van der Waals surface area contributed by atoms with Crippen LogP contribution in [0.2, 0.25) is 0 Å². The Morgan fingerprint density at radius 3 is 1.80 bits per heavy atom. The molecule has 0 radical (unpaired) electrons. The zero-order valence-corrected chi connectivity index (χ0v) is 28.4. The smallest absolute Gasteiger partial charge is 0.432 e. The fraction of sp³-hybridized carbons (Fsp3) is 0.500. The van der Waals surface area contributed by atoms with E-state index in [-0.39, 0.29) is 61.8 Å². The maximum atomic E-state index is 12.7. The van der Waals surface area contributed by atoms with Crippen LogP contribution in [0.25, 0.3) is 11.1 Å². The molecule has 13 nitrogen and oxygen atoms in total. The molecule has 1 fully saturated rings. The van der Waals surface area contributed by atoms with E-state index in [0.29, 0.717) is 56.7 Å². The van der Waals surface area contributed by atoms with Crippen molar-refractivity contribution in [2.75, 3.05) is 36.9 Å². The highest BCUT2D eigenvalue weighted by Gasteiger charge is 2.32. The summed E-state index contributed by atoms with van der Waals surface area (Å²) in [6.45, 7) is 5.45. The lowest BCUT2D eigenvalue weighted by atomic mass is 9.97. The summed E-state index contributed by atoms with van der Waals surface area (Å²) < 4.78 is 5.50. The van der Waals surface area contributed by atoms with Crippen molar-refractivity contribution >= 4 is 47.1 Å². The number of rotatable bonds is 18. The molecular weight excluding hydrogens is 630 g/mol. The number of benzene rings is 2. The van der Waals surface area contributed by atoms with Crippen LogP contribution in [0.4, 0.5) is 16.2 Å². The van der Waals surface area contributed by atoms with Gasteiger partial charge in [-0.3, -0.25) is 24.0 Å². The molecule has 4 N–H and O–H groups in total. The number of hydrogen-bond donors (Lipinski definition) is 4. The molecule has 4 rings (SSSR count). The second-order valence-electron chi connectivity index (χ2n) is 12.3. The third-order valence-corrected chi connectivity index (χ3v) is 8.33. The maximum absolute atomic E-state index is 12.7. The molecule has 2 aromatic rings. The largest absolute Gasteiger partial charge is 0.533 e. The Bertz CT molecular complexity index is 1530. The fourth-order valence-corrected chi connectivity index (χ4v) is 5.79. The van der Waals surface area contributed by atoms with Gasteiger partial charge < -0.3 is 30.8 Å². The molecule has 49 heavy (non-hydrogen) atoms. The Labute approximate surface area is 286 Å². The molecule has 0 spiro atoms. The molecule has 0 bridgehead atoms. The van der Waals surface area contributed by atoms with E-state index in [9.17, 15) is 28.8 Å². The number of carbonyl (C=O) groups is 6. The highest BCUT2D eigenvalue weighted by atomic mass is 16.8. The lowest BCUT2D eigenvalue weighted by molar-refractivity contribution is -0.164. The summed E-state index contributed by atoms with van der Waals surface area (Å²) in [5, 5.41) is 12.5. The summed E-state index contributed by atoms with van der Waals surface area (Å²) in [6.07, 6.45) is 4.36. The van der Waals surface area contributed by atoms with Gasteiger partial charge in [0.15, 0.2) is 0 Å². The number of fused-ring (bicyclic) bond motifs is 3. The number of nitrogens with one attached hydrogen (secondary N) is 4. The first-order chi connectivity index (χ1) is 23.7. The Morgan fingerprint density at radius 2 is 1.29 bits per heavy atom.